The van der Waals surface area contributed by atoms with Gasteiger partial charge in [-0.1, -0.05) is 12.1 Å². The van der Waals surface area contributed by atoms with Crippen molar-refractivity contribution in [3.05, 3.63) is 70.3 Å². The van der Waals surface area contributed by atoms with Crippen LogP contribution in [0.1, 0.15) is 28.7 Å². The van der Waals surface area contributed by atoms with Gasteiger partial charge in [0.1, 0.15) is 11.6 Å². The van der Waals surface area contributed by atoms with E-state index >= 15 is 0 Å². The van der Waals surface area contributed by atoms with E-state index < -0.39 is 5.60 Å². The predicted octanol–water partition coefficient (Wildman–Crippen LogP) is 3.65. The smallest absolute Gasteiger partial charge is 0.123 e. The molecule has 0 aliphatic heterocycles. The highest BCUT2D eigenvalue weighted by molar-refractivity contribution is 5.40. The summed E-state index contributed by atoms with van der Waals surface area (Å²) in [5.41, 5.74) is 2.43. The number of benzene rings is 2. The van der Waals surface area contributed by atoms with Crippen molar-refractivity contribution < 1.29 is 13.9 Å². The fraction of sp³-hybridized carbons (Fsp3) is 0.294. The number of aryl methyl sites for hydroxylation is 2. The van der Waals surface area contributed by atoms with E-state index in [0.717, 1.165) is 22.3 Å². The first-order valence-corrected chi connectivity index (χ1v) is 6.74. The van der Waals surface area contributed by atoms with Gasteiger partial charge in [0.2, 0.25) is 0 Å². The third-order valence-electron chi connectivity index (χ3n) is 4.16. The van der Waals surface area contributed by atoms with Crippen LogP contribution in [0, 0.1) is 18.6 Å². The summed E-state index contributed by atoms with van der Waals surface area (Å²) in [5.74, 6) is -0.543. The van der Waals surface area contributed by atoms with Gasteiger partial charge in [0.15, 0.2) is 0 Å². The van der Waals surface area contributed by atoms with Crippen molar-refractivity contribution in [3.8, 4) is 0 Å². The monoisotopic (exact) mass is 274 g/mol. The molecule has 1 aliphatic carbocycles. The lowest BCUT2D eigenvalue weighted by Crippen LogP contribution is -2.25. The van der Waals surface area contributed by atoms with Crippen molar-refractivity contribution in [1.29, 1.82) is 0 Å². The van der Waals surface area contributed by atoms with Gasteiger partial charge in [-0.3, -0.25) is 0 Å². The topological polar surface area (TPSA) is 20.2 Å². The molecule has 0 amide bonds. The third kappa shape index (κ3) is 2.22. The quantitative estimate of drug-likeness (QED) is 0.886. The number of rotatable bonds is 2. The van der Waals surface area contributed by atoms with E-state index in [-0.39, 0.29) is 11.6 Å². The molecule has 1 unspecified atom stereocenters. The molecule has 1 atom stereocenters. The van der Waals surface area contributed by atoms with Crippen LogP contribution in [-0.2, 0) is 18.4 Å². The summed E-state index contributed by atoms with van der Waals surface area (Å²) in [4.78, 5) is 0. The lowest BCUT2D eigenvalue weighted by Gasteiger charge is -2.25. The zero-order chi connectivity index (χ0) is 14.3. The fourth-order valence-electron chi connectivity index (χ4n) is 3.06. The van der Waals surface area contributed by atoms with Gasteiger partial charge in [0.25, 0.3) is 0 Å². The molecule has 0 saturated carbocycles. The average Bonchev–Trinajstić information content (AvgIpc) is 2.70. The summed E-state index contributed by atoms with van der Waals surface area (Å²) in [5, 5.41) is 10.9. The Balaban J connectivity index is 1.96. The van der Waals surface area contributed by atoms with Crippen LogP contribution in [0.3, 0.4) is 0 Å². The molecule has 0 radical (unpaired) electrons. The zero-order valence-electron chi connectivity index (χ0n) is 11.3. The Morgan fingerprint density at radius 1 is 1.10 bits per heavy atom. The molecule has 3 rings (SSSR count). The van der Waals surface area contributed by atoms with Crippen LogP contribution in [0.2, 0.25) is 0 Å². The third-order valence-corrected chi connectivity index (χ3v) is 4.16. The van der Waals surface area contributed by atoms with Gasteiger partial charge in [-0.15, -0.1) is 0 Å². The molecule has 2 aromatic carbocycles. The van der Waals surface area contributed by atoms with Crippen LogP contribution in [-0.4, -0.2) is 5.11 Å². The van der Waals surface area contributed by atoms with Crippen LogP contribution in [0.4, 0.5) is 8.78 Å². The van der Waals surface area contributed by atoms with Gasteiger partial charge in [0, 0.05) is 6.42 Å². The molecule has 0 bridgehead atoms. The van der Waals surface area contributed by atoms with E-state index in [1.54, 1.807) is 12.1 Å². The second-order valence-corrected chi connectivity index (χ2v) is 5.58. The molecule has 0 spiro atoms. The molecule has 1 N–H and O–H groups in total. The number of halogens is 2. The van der Waals surface area contributed by atoms with E-state index in [0.29, 0.717) is 19.3 Å². The molecule has 0 aromatic heterocycles. The van der Waals surface area contributed by atoms with Crippen molar-refractivity contribution >= 4 is 0 Å². The maximum Gasteiger partial charge on any atom is 0.123 e. The van der Waals surface area contributed by atoms with Crippen molar-refractivity contribution in [2.45, 2.75) is 31.8 Å². The molecule has 0 fully saturated rings. The molecule has 104 valence electrons. The minimum absolute atomic E-state index is 0.271. The first-order chi connectivity index (χ1) is 9.48. The highest BCUT2D eigenvalue weighted by Gasteiger charge is 2.37. The van der Waals surface area contributed by atoms with Gasteiger partial charge in [0.05, 0.1) is 5.60 Å². The van der Waals surface area contributed by atoms with E-state index in [9.17, 15) is 13.9 Å². The van der Waals surface area contributed by atoms with Crippen LogP contribution in [0.5, 0.6) is 0 Å². The Hall–Kier alpha value is -1.74. The molecule has 3 heteroatoms. The Bertz CT molecular complexity index is 666. The number of fused-ring (bicyclic) bond motifs is 1. The molecule has 0 saturated heterocycles. The van der Waals surface area contributed by atoms with E-state index in [4.69, 9.17) is 0 Å². The molecule has 1 nitrogen and oxygen atoms in total. The Kier molecular flexibility index (Phi) is 3.09. The summed E-state index contributed by atoms with van der Waals surface area (Å²) >= 11 is 0. The van der Waals surface area contributed by atoms with E-state index in [1.807, 2.05) is 6.92 Å². The number of aliphatic hydroxyl groups is 1. The minimum atomic E-state index is -0.981. The Morgan fingerprint density at radius 2 is 1.80 bits per heavy atom. The largest absolute Gasteiger partial charge is 0.385 e. The maximum absolute atomic E-state index is 13.2. The van der Waals surface area contributed by atoms with Crippen molar-refractivity contribution in [2.75, 3.05) is 0 Å². The first kappa shape index (κ1) is 13.3. The van der Waals surface area contributed by atoms with Crippen LogP contribution < -0.4 is 0 Å². The second-order valence-electron chi connectivity index (χ2n) is 5.58. The van der Waals surface area contributed by atoms with Crippen molar-refractivity contribution in [1.82, 2.24) is 0 Å². The standard InChI is InChI=1S/C17H16F2O/c1-11-8-14(18)3-2-13(11)10-17(20)7-6-12-9-15(19)4-5-16(12)17/h2-5,8-9,20H,6-7,10H2,1H3. The molecule has 2 aromatic rings. The molecule has 20 heavy (non-hydrogen) atoms. The summed E-state index contributed by atoms with van der Waals surface area (Å²) in [7, 11) is 0. The number of hydrogen-bond donors (Lipinski definition) is 1. The average molecular weight is 274 g/mol. The highest BCUT2D eigenvalue weighted by atomic mass is 19.1. The Labute approximate surface area is 116 Å². The summed E-state index contributed by atoms with van der Waals surface area (Å²) in [6, 6.07) is 9.13. The summed E-state index contributed by atoms with van der Waals surface area (Å²) < 4.78 is 26.4. The Morgan fingerprint density at radius 3 is 2.55 bits per heavy atom. The molecule has 0 heterocycles. The fourth-order valence-corrected chi connectivity index (χ4v) is 3.06. The zero-order valence-corrected chi connectivity index (χ0v) is 11.3. The molecular weight excluding hydrogens is 258 g/mol. The molecular formula is C17H16F2O. The molecule has 1 aliphatic rings. The van der Waals surface area contributed by atoms with Gasteiger partial charge < -0.3 is 5.11 Å². The van der Waals surface area contributed by atoms with Crippen LogP contribution in [0.25, 0.3) is 0 Å². The van der Waals surface area contributed by atoms with Crippen molar-refractivity contribution in [3.63, 3.8) is 0 Å². The maximum atomic E-state index is 13.2. The SMILES string of the molecule is Cc1cc(F)ccc1CC1(O)CCc2cc(F)ccc21. The highest BCUT2D eigenvalue weighted by Crippen LogP contribution is 2.40. The van der Waals surface area contributed by atoms with Gasteiger partial charge in [-0.2, -0.15) is 0 Å². The van der Waals surface area contributed by atoms with Crippen LogP contribution >= 0.6 is 0 Å². The number of hydrogen-bond acceptors (Lipinski definition) is 1. The second kappa shape index (κ2) is 4.67. The van der Waals surface area contributed by atoms with Crippen LogP contribution in [0.15, 0.2) is 36.4 Å². The lowest BCUT2D eigenvalue weighted by atomic mass is 9.87. The summed E-state index contributed by atoms with van der Waals surface area (Å²) in [6.45, 7) is 1.84. The normalized spacial score (nSPS) is 21.0. The van der Waals surface area contributed by atoms with Gasteiger partial charge in [-0.25, -0.2) is 8.78 Å². The summed E-state index contributed by atoms with van der Waals surface area (Å²) in [6.07, 6.45) is 1.67. The van der Waals surface area contributed by atoms with Gasteiger partial charge >= 0.3 is 0 Å². The first-order valence-electron chi connectivity index (χ1n) is 6.74. The lowest BCUT2D eigenvalue weighted by molar-refractivity contribution is 0.0388. The van der Waals surface area contributed by atoms with Crippen molar-refractivity contribution in [2.24, 2.45) is 0 Å². The predicted molar refractivity (Wildman–Crippen MR) is 73.5 cm³/mol. The van der Waals surface area contributed by atoms with E-state index in [1.165, 1.54) is 24.3 Å². The minimum Gasteiger partial charge on any atom is -0.385 e. The van der Waals surface area contributed by atoms with Gasteiger partial charge in [-0.05, 0) is 66.3 Å². The van der Waals surface area contributed by atoms with E-state index in [2.05, 4.69) is 0 Å².